The first-order valence-electron chi connectivity index (χ1n) is 9.54. The number of carbonyl (C=O) groups is 3. The molecule has 1 N–H and O–H groups in total. The Hall–Kier alpha value is -3.22. The van der Waals surface area contributed by atoms with Crippen molar-refractivity contribution in [1.29, 1.82) is 0 Å². The Morgan fingerprint density at radius 2 is 1.90 bits per heavy atom. The van der Waals surface area contributed by atoms with Crippen molar-refractivity contribution in [2.24, 2.45) is 5.92 Å². The van der Waals surface area contributed by atoms with E-state index in [-0.39, 0.29) is 18.9 Å². The van der Waals surface area contributed by atoms with Crippen LogP contribution in [0.3, 0.4) is 0 Å². The molecule has 6 nitrogen and oxygen atoms in total. The van der Waals surface area contributed by atoms with Gasteiger partial charge >= 0.3 is 5.97 Å². The van der Waals surface area contributed by atoms with Crippen LogP contribution in [0.25, 0.3) is 0 Å². The van der Waals surface area contributed by atoms with E-state index >= 15 is 0 Å². The molecule has 2 atom stereocenters. The van der Waals surface area contributed by atoms with E-state index in [4.69, 9.17) is 4.74 Å². The predicted octanol–water partition coefficient (Wildman–Crippen LogP) is 3.31. The average molecular weight is 398 g/mol. The van der Waals surface area contributed by atoms with Crippen molar-refractivity contribution in [3.8, 4) is 0 Å². The molecule has 2 aromatic carbocycles. The van der Waals surface area contributed by atoms with E-state index in [1.807, 2.05) is 31.2 Å². The maximum Gasteiger partial charge on any atom is 0.312 e. The number of nitrogens with one attached hydrogen (secondary N) is 1. The van der Waals surface area contributed by atoms with Crippen molar-refractivity contribution in [1.82, 2.24) is 0 Å². The maximum absolute atomic E-state index is 12.9. The van der Waals surface area contributed by atoms with Gasteiger partial charge < -0.3 is 15.0 Å². The fourth-order valence-electron chi connectivity index (χ4n) is 3.27. The monoisotopic (exact) mass is 398 g/mol. The van der Waals surface area contributed by atoms with Gasteiger partial charge in [-0.1, -0.05) is 25.1 Å². The van der Waals surface area contributed by atoms with Crippen LogP contribution in [0.4, 0.5) is 15.8 Å². The van der Waals surface area contributed by atoms with Gasteiger partial charge in [-0.05, 0) is 49.2 Å². The number of carbonyl (C=O) groups excluding carboxylic acids is 3. The minimum Gasteiger partial charge on any atom is -0.452 e. The van der Waals surface area contributed by atoms with Crippen LogP contribution in [-0.2, 0) is 25.5 Å². The van der Waals surface area contributed by atoms with E-state index in [0.717, 1.165) is 17.7 Å². The Bertz CT molecular complexity index is 913. The molecule has 1 saturated heterocycles. The number of halogens is 1. The summed E-state index contributed by atoms with van der Waals surface area (Å²) in [6, 6.07) is 12.9. The average Bonchev–Trinajstić information content (AvgIpc) is 3.11. The second-order valence-corrected chi connectivity index (χ2v) is 6.96. The van der Waals surface area contributed by atoms with E-state index < -0.39 is 29.7 Å². The lowest BCUT2D eigenvalue weighted by Crippen LogP contribution is -2.33. The Kier molecular flexibility index (Phi) is 6.26. The fourth-order valence-corrected chi connectivity index (χ4v) is 3.27. The minimum atomic E-state index is -1.04. The van der Waals surface area contributed by atoms with Crippen molar-refractivity contribution in [2.75, 3.05) is 16.8 Å². The lowest BCUT2D eigenvalue weighted by atomic mass is 10.1. The Labute approximate surface area is 168 Å². The van der Waals surface area contributed by atoms with E-state index in [0.29, 0.717) is 5.69 Å². The number of aryl methyl sites for hydroxylation is 1. The van der Waals surface area contributed by atoms with Gasteiger partial charge in [-0.25, -0.2) is 4.39 Å². The Balaban J connectivity index is 1.60. The molecule has 2 aromatic rings. The van der Waals surface area contributed by atoms with Crippen LogP contribution in [0.2, 0.25) is 0 Å². The maximum atomic E-state index is 12.9. The van der Waals surface area contributed by atoms with Crippen LogP contribution in [0.15, 0.2) is 48.5 Å². The molecule has 2 amide bonds. The van der Waals surface area contributed by atoms with Crippen molar-refractivity contribution in [2.45, 2.75) is 32.8 Å². The van der Waals surface area contributed by atoms with Crippen LogP contribution in [0.5, 0.6) is 0 Å². The largest absolute Gasteiger partial charge is 0.452 e. The quantitative estimate of drug-likeness (QED) is 0.758. The summed E-state index contributed by atoms with van der Waals surface area (Å²) >= 11 is 0. The van der Waals surface area contributed by atoms with Crippen molar-refractivity contribution < 1.29 is 23.5 Å². The normalized spacial score (nSPS) is 17.1. The highest BCUT2D eigenvalue weighted by Crippen LogP contribution is 2.29. The molecule has 1 aliphatic heterocycles. The third kappa shape index (κ3) is 4.80. The predicted molar refractivity (Wildman–Crippen MR) is 107 cm³/mol. The van der Waals surface area contributed by atoms with Gasteiger partial charge in [0.25, 0.3) is 5.91 Å². The van der Waals surface area contributed by atoms with Crippen LogP contribution in [0, 0.1) is 11.7 Å². The summed E-state index contributed by atoms with van der Waals surface area (Å²) in [7, 11) is 0. The zero-order valence-electron chi connectivity index (χ0n) is 16.4. The topological polar surface area (TPSA) is 75.7 Å². The Morgan fingerprint density at radius 1 is 1.21 bits per heavy atom. The molecule has 0 saturated carbocycles. The number of rotatable bonds is 6. The smallest absolute Gasteiger partial charge is 0.312 e. The number of benzene rings is 2. The molecule has 1 fully saturated rings. The van der Waals surface area contributed by atoms with Gasteiger partial charge in [0.2, 0.25) is 5.91 Å². The molecular weight excluding hydrogens is 375 g/mol. The summed E-state index contributed by atoms with van der Waals surface area (Å²) in [4.78, 5) is 38.8. The number of ether oxygens (including phenoxy) is 1. The third-order valence-electron chi connectivity index (χ3n) is 4.90. The number of esters is 1. The third-order valence-corrected chi connectivity index (χ3v) is 4.90. The van der Waals surface area contributed by atoms with Gasteiger partial charge in [-0.15, -0.1) is 0 Å². The Morgan fingerprint density at radius 3 is 2.59 bits per heavy atom. The van der Waals surface area contributed by atoms with Gasteiger partial charge in [0.15, 0.2) is 6.10 Å². The number of hydrogen-bond acceptors (Lipinski definition) is 4. The van der Waals surface area contributed by atoms with Crippen molar-refractivity contribution in [3.63, 3.8) is 0 Å². The molecular formula is C22H23FN2O4. The second-order valence-electron chi connectivity index (χ2n) is 6.96. The zero-order valence-corrected chi connectivity index (χ0v) is 16.4. The second kappa shape index (κ2) is 8.86. The molecule has 7 heteroatoms. The van der Waals surface area contributed by atoms with E-state index in [9.17, 15) is 18.8 Å². The molecule has 152 valence electrons. The number of para-hydroxylation sites is 1. The van der Waals surface area contributed by atoms with Crippen molar-refractivity contribution in [3.05, 3.63) is 59.9 Å². The lowest BCUT2D eigenvalue weighted by molar-refractivity contribution is -0.157. The van der Waals surface area contributed by atoms with Gasteiger partial charge in [0, 0.05) is 24.3 Å². The molecule has 0 bridgehead atoms. The summed E-state index contributed by atoms with van der Waals surface area (Å²) in [5.74, 6) is -2.30. The van der Waals surface area contributed by atoms with Crippen LogP contribution in [0.1, 0.15) is 25.8 Å². The van der Waals surface area contributed by atoms with Gasteiger partial charge in [0.1, 0.15) is 5.82 Å². The summed E-state index contributed by atoms with van der Waals surface area (Å²) in [6.45, 7) is 3.69. The van der Waals surface area contributed by atoms with Crippen LogP contribution < -0.4 is 10.2 Å². The molecule has 0 unspecified atom stereocenters. The van der Waals surface area contributed by atoms with Gasteiger partial charge in [-0.3, -0.25) is 14.4 Å². The zero-order chi connectivity index (χ0) is 21.0. The summed E-state index contributed by atoms with van der Waals surface area (Å²) in [5, 5.41) is 2.56. The van der Waals surface area contributed by atoms with Crippen LogP contribution in [-0.4, -0.2) is 30.4 Å². The minimum absolute atomic E-state index is 0.0448. The summed E-state index contributed by atoms with van der Waals surface area (Å²) in [6.07, 6.45) is -0.224. The standard InChI is InChI=1S/C22H23FN2O4/c1-3-15-6-4-5-7-19(15)25-13-16(12-20(25)26)22(28)29-14(2)21(27)24-18-10-8-17(23)9-11-18/h4-11,14,16H,3,12-13H2,1-2H3,(H,24,27)/t14-,16+/m0/s1. The first kappa shape index (κ1) is 20.5. The number of hydrogen-bond donors (Lipinski definition) is 1. The van der Waals surface area contributed by atoms with E-state index in [2.05, 4.69) is 5.32 Å². The molecule has 0 aliphatic carbocycles. The van der Waals surface area contributed by atoms with E-state index in [1.54, 1.807) is 4.90 Å². The molecule has 1 aliphatic rings. The van der Waals surface area contributed by atoms with Crippen molar-refractivity contribution >= 4 is 29.2 Å². The first-order chi connectivity index (χ1) is 13.9. The molecule has 0 radical (unpaired) electrons. The molecule has 0 aromatic heterocycles. The molecule has 3 rings (SSSR count). The number of amides is 2. The molecule has 0 spiro atoms. The van der Waals surface area contributed by atoms with Crippen LogP contribution >= 0.6 is 0 Å². The number of anilines is 2. The molecule has 1 heterocycles. The van der Waals surface area contributed by atoms with Gasteiger partial charge in [0.05, 0.1) is 5.92 Å². The van der Waals surface area contributed by atoms with Gasteiger partial charge in [-0.2, -0.15) is 0 Å². The highest BCUT2D eigenvalue weighted by atomic mass is 19.1. The fraction of sp³-hybridized carbons (Fsp3) is 0.318. The summed E-state index contributed by atoms with van der Waals surface area (Å²) < 4.78 is 18.2. The number of nitrogens with zero attached hydrogens (tertiary/aromatic N) is 1. The highest BCUT2D eigenvalue weighted by molar-refractivity contribution is 6.01. The lowest BCUT2D eigenvalue weighted by Gasteiger charge is -2.20. The highest BCUT2D eigenvalue weighted by Gasteiger charge is 2.37. The van der Waals surface area contributed by atoms with E-state index in [1.165, 1.54) is 31.2 Å². The SMILES string of the molecule is CCc1ccccc1N1C[C@H](C(=O)O[C@@H](C)C(=O)Nc2ccc(F)cc2)CC1=O. The molecule has 29 heavy (non-hydrogen) atoms. The first-order valence-corrected chi connectivity index (χ1v) is 9.54. The summed E-state index contributed by atoms with van der Waals surface area (Å²) in [5.41, 5.74) is 2.23.